The van der Waals surface area contributed by atoms with Crippen LogP contribution in [0.15, 0.2) is 18.2 Å². The smallest absolute Gasteiger partial charge is 0.221 e. The van der Waals surface area contributed by atoms with Gasteiger partial charge in [0.05, 0.1) is 0 Å². The van der Waals surface area contributed by atoms with E-state index in [1.807, 2.05) is 18.2 Å². The Morgan fingerprint density at radius 1 is 1.45 bits per heavy atom. The monoisotopic (exact) mass is 275 g/mol. The first-order valence-electron chi connectivity index (χ1n) is 7.35. The predicted molar refractivity (Wildman–Crippen MR) is 84.2 cm³/mol. The lowest BCUT2D eigenvalue weighted by Gasteiger charge is -2.30. The number of hydrogen-bond donors (Lipinski definition) is 2. The molecule has 1 amide bonds. The van der Waals surface area contributed by atoms with Crippen molar-refractivity contribution < 1.29 is 4.79 Å². The third-order valence-electron chi connectivity index (χ3n) is 3.86. The van der Waals surface area contributed by atoms with Crippen LogP contribution in [0.25, 0.3) is 0 Å². The fourth-order valence-electron chi connectivity index (χ4n) is 2.79. The second-order valence-electron chi connectivity index (χ2n) is 5.86. The zero-order chi connectivity index (χ0) is 14.5. The number of carbonyl (C=O) groups excluding carboxylic acids is 1. The van der Waals surface area contributed by atoms with Crippen molar-refractivity contribution in [2.24, 2.45) is 5.92 Å². The molecule has 2 rings (SSSR count). The van der Waals surface area contributed by atoms with E-state index in [1.165, 1.54) is 31.9 Å². The van der Waals surface area contributed by atoms with Crippen molar-refractivity contribution in [3.8, 4) is 0 Å². The second kappa shape index (κ2) is 6.75. The molecular formula is C16H25N3O. The van der Waals surface area contributed by atoms with Crippen LogP contribution in [-0.2, 0) is 4.79 Å². The van der Waals surface area contributed by atoms with E-state index < -0.39 is 0 Å². The molecule has 0 saturated carbocycles. The molecular weight excluding hydrogens is 250 g/mol. The quantitative estimate of drug-likeness (QED) is 0.888. The maximum atomic E-state index is 11.1. The largest absolute Gasteiger partial charge is 0.384 e. The number of likely N-dealkylation sites (tertiary alicyclic amines) is 1. The lowest BCUT2D eigenvalue weighted by molar-refractivity contribution is -0.114. The van der Waals surface area contributed by atoms with E-state index >= 15 is 0 Å². The van der Waals surface area contributed by atoms with E-state index in [1.54, 1.807) is 0 Å². The first kappa shape index (κ1) is 14.9. The first-order valence-corrected chi connectivity index (χ1v) is 7.35. The summed E-state index contributed by atoms with van der Waals surface area (Å²) >= 11 is 0. The van der Waals surface area contributed by atoms with Gasteiger partial charge in [0.2, 0.25) is 5.91 Å². The summed E-state index contributed by atoms with van der Waals surface area (Å²) in [6.45, 7) is 7.00. The Morgan fingerprint density at radius 3 is 2.95 bits per heavy atom. The predicted octanol–water partition coefficient (Wildman–Crippen LogP) is 2.71. The number of nitrogens with zero attached hydrogens (tertiary/aromatic N) is 1. The van der Waals surface area contributed by atoms with E-state index in [0.717, 1.165) is 24.5 Å². The molecule has 110 valence electrons. The molecule has 1 aromatic rings. The van der Waals surface area contributed by atoms with Crippen LogP contribution < -0.4 is 10.6 Å². The molecule has 4 nitrogen and oxygen atoms in total. The molecule has 1 fully saturated rings. The van der Waals surface area contributed by atoms with Crippen LogP contribution in [0.2, 0.25) is 0 Å². The highest BCUT2D eigenvalue weighted by Crippen LogP contribution is 2.22. The molecule has 1 saturated heterocycles. The summed E-state index contributed by atoms with van der Waals surface area (Å²) in [5.41, 5.74) is 3.18. The Labute approximate surface area is 121 Å². The Kier molecular flexibility index (Phi) is 5.01. The summed E-state index contributed by atoms with van der Waals surface area (Å²) in [7, 11) is 2.19. The van der Waals surface area contributed by atoms with Crippen molar-refractivity contribution in [2.75, 3.05) is 37.3 Å². The van der Waals surface area contributed by atoms with Gasteiger partial charge in [0.1, 0.15) is 0 Å². The molecule has 0 aliphatic carbocycles. The summed E-state index contributed by atoms with van der Waals surface area (Å²) in [5.74, 6) is 0.672. The lowest BCUT2D eigenvalue weighted by Crippen LogP contribution is -2.35. The second-order valence-corrected chi connectivity index (χ2v) is 5.86. The van der Waals surface area contributed by atoms with Crippen molar-refractivity contribution in [1.82, 2.24) is 4.90 Å². The average Bonchev–Trinajstić information content (AvgIpc) is 2.39. The minimum Gasteiger partial charge on any atom is -0.384 e. The molecule has 1 aliphatic rings. The summed E-state index contributed by atoms with van der Waals surface area (Å²) in [6, 6.07) is 6.00. The number of rotatable bonds is 4. The summed E-state index contributed by atoms with van der Waals surface area (Å²) in [4.78, 5) is 13.5. The molecule has 0 aromatic heterocycles. The third-order valence-corrected chi connectivity index (χ3v) is 3.86. The van der Waals surface area contributed by atoms with Gasteiger partial charge >= 0.3 is 0 Å². The van der Waals surface area contributed by atoms with Crippen LogP contribution in [0, 0.1) is 12.8 Å². The molecule has 0 radical (unpaired) electrons. The van der Waals surface area contributed by atoms with Gasteiger partial charge in [0.25, 0.3) is 0 Å². The minimum absolute atomic E-state index is 0.0336. The van der Waals surface area contributed by atoms with E-state index in [-0.39, 0.29) is 5.91 Å². The normalized spacial score (nSPS) is 19.6. The molecule has 0 bridgehead atoms. The lowest BCUT2D eigenvalue weighted by atomic mass is 9.98. The highest BCUT2D eigenvalue weighted by atomic mass is 16.1. The molecule has 20 heavy (non-hydrogen) atoms. The number of benzene rings is 1. The topological polar surface area (TPSA) is 44.4 Å². The number of aryl methyl sites for hydroxylation is 1. The van der Waals surface area contributed by atoms with Gasteiger partial charge in [-0.25, -0.2) is 0 Å². The Balaban J connectivity index is 1.95. The maximum absolute atomic E-state index is 11.1. The summed E-state index contributed by atoms with van der Waals surface area (Å²) < 4.78 is 0. The number of amides is 1. The molecule has 1 atom stereocenters. The third kappa shape index (κ3) is 4.23. The van der Waals surface area contributed by atoms with Crippen LogP contribution in [0.4, 0.5) is 11.4 Å². The molecule has 1 aromatic carbocycles. The zero-order valence-electron chi connectivity index (χ0n) is 12.7. The van der Waals surface area contributed by atoms with E-state index in [2.05, 4.69) is 29.5 Å². The van der Waals surface area contributed by atoms with Crippen molar-refractivity contribution >= 4 is 17.3 Å². The minimum atomic E-state index is -0.0336. The van der Waals surface area contributed by atoms with Gasteiger partial charge in [0.15, 0.2) is 0 Å². The first-order chi connectivity index (χ1) is 9.54. The zero-order valence-corrected chi connectivity index (χ0v) is 12.7. The summed E-state index contributed by atoms with van der Waals surface area (Å²) in [6.07, 6.45) is 2.58. The number of hydrogen-bond acceptors (Lipinski definition) is 3. The van der Waals surface area contributed by atoms with Crippen LogP contribution in [-0.4, -0.2) is 37.5 Å². The molecule has 4 heteroatoms. The number of piperidine rings is 1. The van der Waals surface area contributed by atoms with Crippen molar-refractivity contribution in [2.45, 2.75) is 26.7 Å². The van der Waals surface area contributed by atoms with Gasteiger partial charge in [-0.3, -0.25) is 4.79 Å². The van der Waals surface area contributed by atoms with E-state index in [4.69, 9.17) is 0 Å². The van der Waals surface area contributed by atoms with Gasteiger partial charge in [-0.15, -0.1) is 0 Å². The standard InChI is InChI=1S/C16H25N3O/c1-12-6-7-15(18-13(2)20)9-16(12)17-10-14-5-4-8-19(3)11-14/h6-7,9,14,17H,4-5,8,10-11H2,1-3H3,(H,18,20). The molecule has 2 N–H and O–H groups in total. The van der Waals surface area contributed by atoms with Crippen LogP contribution >= 0.6 is 0 Å². The summed E-state index contributed by atoms with van der Waals surface area (Å²) in [5, 5.41) is 6.37. The highest BCUT2D eigenvalue weighted by molar-refractivity contribution is 5.89. The number of nitrogens with one attached hydrogen (secondary N) is 2. The Morgan fingerprint density at radius 2 is 2.25 bits per heavy atom. The van der Waals surface area contributed by atoms with Crippen molar-refractivity contribution in [3.63, 3.8) is 0 Å². The fraction of sp³-hybridized carbons (Fsp3) is 0.562. The van der Waals surface area contributed by atoms with Crippen molar-refractivity contribution in [1.29, 1.82) is 0 Å². The number of anilines is 2. The van der Waals surface area contributed by atoms with Gasteiger partial charge in [0, 0.05) is 31.4 Å². The van der Waals surface area contributed by atoms with Crippen LogP contribution in [0.5, 0.6) is 0 Å². The Hall–Kier alpha value is -1.55. The molecule has 1 unspecified atom stereocenters. The SMILES string of the molecule is CC(=O)Nc1ccc(C)c(NCC2CCCN(C)C2)c1. The van der Waals surface area contributed by atoms with E-state index in [9.17, 15) is 4.79 Å². The van der Waals surface area contributed by atoms with Gasteiger partial charge in [-0.1, -0.05) is 6.07 Å². The maximum Gasteiger partial charge on any atom is 0.221 e. The van der Waals surface area contributed by atoms with Crippen molar-refractivity contribution in [3.05, 3.63) is 23.8 Å². The highest BCUT2D eigenvalue weighted by Gasteiger charge is 2.16. The fourth-order valence-corrected chi connectivity index (χ4v) is 2.79. The van der Waals surface area contributed by atoms with Gasteiger partial charge in [-0.05, 0) is 57.0 Å². The van der Waals surface area contributed by atoms with Gasteiger partial charge in [-0.2, -0.15) is 0 Å². The van der Waals surface area contributed by atoms with Crippen LogP contribution in [0.3, 0.4) is 0 Å². The molecule has 0 spiro atoms. The van der Waals surface area contributed by atoms with E-state index in [0.29, 0.717) is 5.92 Å². The van der Waals surface area contributed by atoms with Crippen LogP contribution in [0.1, 0.15) is 25.3 Å². The van der Waals surface area contributed by atoms with Gasteiger partial charge < -0.3 is 15.5 Å². The molecule has 1 heterocycles. The number of carbonyl (C=O) groups is 1. The molecule has 1 aliphatic heterocycles. The average molecular weight is 275 g/mol. The Bertz CT molecular complexity index is 473.